The van der Waals surface area contributed by atoms with E-state index in [4.69, 9.17) is 4.74 Å². The highest BCUT2D eigenvalue weighted by molar-refractivity contribution is 5.95. The van der Waals surface area contributed by atoms with Gasteiger partial charge in [0.15, 0.2) is 0 Å². The molecule has 0 spiro atoms. The molecule has 1 fully saturated rings. The van der Waals surface area contributed by atoms with Crippen molar-refractivity contribution in [2.75, 3.05) is 7.11 Å². The maximum Gasteiger partial charge on any atom is 0.272 e. The lowest BCUT2D eigenvalue weighted by Gasteiger charge is -2.29. The van der Waals surface area contributed by atoms with Crippen LogP contribution in [0, 0.1) is 6.92 Å². The number of amides is 1. The first-order chi connectivity index (χ1) is 16.5. The first-order valence-electron chi connectivity index (χ1n) is 11.5. The number of hydrogen-bond acceptors (Lipinski definition) is 5. The molecule has 1 aliphatic rings. The Kier molecular flexibility index (Phi) is 5.88. The van der Waals surface area contributed by atoms with Crippen LogP contribution in [0.5, 0.6) is 5.75 Å². The molecule has 2 heterocycles. The Morgan fingerprint density at radius 1 is 1.12 bits per heavy atom. The minimum atomic E-state index is -0.162. The number of carbonyl (C=O) groups excluding carboxylic acids is 1. The highest BCUT2D eigenvalue weighted by Gasteiger charge is 2.26. The number of fused-ring (bicyclic) bond motifs is 1. The predicted molar refractivity (Wildman–Crippen MR) is 130 cm³/mol. The van der Waals surface area contributed by atoms with Gasteiger partial charge in [0.05, 0.1) is 35.9 Å². The van der Waals surface area contributed by atoms with Crippen molar-refractivity contribution >= 4 is 16.7 Å². The summed E-state index contributed by atoms with van der Waals surface area (Å²) < 4.78 is 7.42. The Bertz CT molecular complexity index is 1400. The number of rotatable bonds is 5. The molecule has 0 bridgehead atoms. The number of aromatic amines is 1. The van der Waals surface area contributed by atoms with Crippen LogP contribution < -0.4 is 15.6 Å². The van der Waals surface area contributed by atoms with Crippen molar-refractivity contribution in [3.63, 3.8) is 0 Å². The summed E-state index contributed by atoms with van der Waals surface area (Å²) in [4.78, 5) is 29.3. The molecule has 0 aliphatic heterocycles. The van der Waals surface area contributed by atoms with Crippen LogP contribution in [0.1, 0.15) is 53.3 Å². The van der Waals surface area contributed by atoms with E-state index in [2.05, 4.69) is 20.5 Å². The Balaban J connectivity index is 1.26. The molecule has 1 amide bonds. The van der Waals surface area contributed by atoms with Crippen molar-refractivity contribution in [2.24, 2.45) is 0 Å². The van der Waals surface area contributed by atoms with Gasteiger partial charge < -0.3 is 14.6 Å². The molecule has 0 radical (unpaired) electrons. The monoisotopic (exact) mass is 457 g/mol. The summed E-state index contributed by atoms with van der Waals surface area (Å²) in [5, 5.41) is 11.8. The molecule has 0 atom stereocenters. The van der Waals surface area contributed by atoms with Gasteiger partial charge in [0.25, 0.3) is 11.5 Å². The van der Waals surface area contributed by atoms with Gasteiger partial charge >= 0.3 is 0 Å². The fourth-order valence-electron chi connectivity index (χ4n) is 4.81. The largest absolute Gasteiger partial charge is 0.495 e. The van der Waals surface area contributed by atoms with Crippen LogP contribution in [0.4, 0.5) is 0 Å². The molecule has 174 valence electrons. The van der Waals surface area contributed by atoms with Crippen molar-refractivity contribution in [1.82, 2.24) is 25.1 Å². The Labute approximate surface area is 197 Å². The van der Waals surface area contributed by atoms with Crippen molar-refractivity contribution in [2.45, 2.75) is 44.6 Å². The molecule has 4 aromatic rings. The van der Waals surface area contributed by atoms with Gasteiger partial charge in [-0.3, -0.25) is 9.59 Å². The van der Waals surface area contributed by atoms with E-state index in [9.17, 15) is 9.59 Å². The van der Waals surface area contributed by atoms with Gasteiger partial charge in [-0.15, -0.1) is 0 Å². The number of aromatic nitrogens is 4. The first-order valence-corrected chi connectivity index (χ1v) is 11.5. The Morgan fingerprint density at radius 2 is 1.88 bits per heavy atom. The van der Waals surface area contributed by atoms with Crippen molar-refractivity contribution in [1.29, 1.82) is 0 Å². The number of hydrogen-bond donors (Lipinski definition) is 2. The third-order valence-electron chi connectivity index (χ3n) is 6.61. The number of imidazole rings is 1. The number of methoxy groups -OCH3 is 1. The molecular weight excluding hydrogens is 430 g/mol. The molecule has 5 rings (SSSR count). The van der Waals surface area contributed by atoms with E-state index in [0.717, 1.165) is 48.1 Å². The molecule has 1 saturated carbocycles. The highest BCUT2D eigenvalue weighted by Crippen LogP contribution is 2.34. The average molecular weight is 458 g/mol. The number of carbonyl (C=O) groups is 1. The number of ether oxygens (including phenoxy) is 1. The topological polar surface area (TPSA) is 102 Å². The lowest BCUT2D eigenvalue weighted by atomic mass is 9.82. The lowest BCUT2D eigenvalue weighted by molar-refractivity contribution is 0.0925. The van der Waals surface area contributed by atoms with E-state index in [0.29, 0.717) is 16.7 Å². The third kappa shape index (κ3) is 4.19. The van der Waals surface area contributed by atoms with E-state index in [1.54, 1.807) is 19.5 Å². The summed E-state index contributed by atoms with van der Waals surface area (Å²) in [7, 11) is 1.60. The molecule has 34 heavy (non-hydrogen) atoms. The Morgan fingerprint density at radius 3 is 2.59 bits per heavy atom. The summed E-state index contributed by atoms with van der Waals surface area (Å²) in [6, 6.07) is 13.1. The van der Waals surface area contributed by atoms with Gasteiger partial charge in [-0.25, -0.2) is 10.1 Å². The second-order valence-electron chi connectivity index (χ2n) is 8.81. The predicted octanol–water partition coefficient (Wildman–Crippen LogP) is 3.88. The van der Waals surface area contributed by atoms with Crippen LogP contribution in [0.25, 0.3) is 16.5 Å². The van der Waals surface area contributed by atoms with E-state index >= 15 is 0 Å². The number of aryl methyl sites for hydroxylation is 1. The second-order valence-corrected chi connectivity index (χ2v) is 8.81. The number of H-pyrrole nitrogens is 1. The fourth-order valence-corrected chi connectivity index (χ4v) is 4.81. The molecule has 8 heteroatoms. The van der Waals surface area contributed by atoms with E-state index in [1.807, 2.05) is 54.1 Å². The molecule has 0 saturated heterocycles. The minimum Gasteiger partial charge on any atom is -0.495 e. The molecule has 8 nitrogen and oxygen atoms in total. The third-order valence-corrected chi connectivity index (χ3v) is 6.61. The number of nitrogens with one attached hydrogen (secondary N) is 2. The zero-order chi connectivity index (χ0) is 23.7. The normalized spacial score (nSPS) is 18.1. The number of nitrogens with zero attached hydrogens (tertiary/aromatic N) is 3. The van der Waals surface area contributed by atoms with E-state index in [-0.39, 0.29) is 23.4 Å². The SMILES string of the molecule is COc1cc(C(=O)NC2CCC(c3n[nH]c(=O)c4ccccc34)CC2)ccc1-n1cnc(C)c1. The average Bonchev–Trinajstić information content (AvgIpc) is 3.30. The van der Waals surface area contributed by atoms with Crippen molar-refractivity contribution in [3.05, 3.63) is 82.3 Å². The smallest absolute Gasteiger partial charge is 0.272 e. The number of benzene rings is 2. The molecule has 2 aromatic carbocycles. The van der Waals surface area contributed by atoms with E-state index in [1.165, 1.54) is 0 Å². The van der Waals surface area contributed by atoms with Gasteiger partial charge in [0.1, 0.15) is 5.75 Å². The molecule has 0 unspecified atom stereocenters. The quantitative estimate of drug-likeness (QED) is 0.474. The van der Waals surface area contributed by atoms with Gasteiger partial charge in [-0.2, -0.15) is 5.10 Å². The van der Waals surface area contributed by atoms with Crippen LogP contribution >= 0.6 is 0 Å². The van der Waals surface area contributed by atoms with Gasteiger partial charge in [0, 0.05) is 29.1 Å². The van der Waals surface area contributed by atoms with Gasteiger partial charge in [-0.1, -0.05) is 18.2 Å². The van der Waals surface area contributed by atoms with Crippen LogP contribution in [0.15, 0.2) is 59.8 Å². The van der Waals surface area contributed by atoms with Gasteiger partial charge in [0.2, 0.25) is 0 Å². The summed E-state index contributed by atoms with van der Waals surface area (Å²) in [6.07, 6.45) is 7.15. The fraction of sp³-hybridized carbons (Fsp3) is 0.308. The molecule has 1 aliphatic carbocycles. The lowest BCUT2D eigenvalue weighted by Crippen LogP contribution is -2.37. The standard InChI is InChI=1S/C26H27N5O3/c1-16-14-31(15-27-16)22-12-9-18(13-23(22)34-2)25(32)28-19-10-7-17(8-11-19)24-20-5-3-4-6-21(20)26(33)30-29-24/h3-6,9,12-15,17,19H,7-8,10-11H2,1-2H3,(H,28,32)(H,30,33). The maximum atomic E-state index is 13.0. The summed E-state index contributed by atoms with van der Waals surface area (Å²) in [5.41, 5.74) is 3.08. The van der Waals surface area contributed by atoms with Crippen LogP contribution in [0.2, 0.25) is 0 Å². The summed E-state index contributed by atoms with van der Waals surface area (Å²) in [5.74, 6) is 0.764. The maximum absolute atomic E-state index is 13.0. The molecular formula is C26H27N5O3. The van der Waals surface area contributed by atoms with Gasteiger partial charge in [-0.05, 0) is 56.9 Å². The van der Waals surface area contributed by atoms with Crippen molar-refractivity contribution < 1.29 is 9.53 Å². The van der Waals surface area contributed by atoms with Crippen molar-refractivity contribution in [3.8, 4) is 11.4 Å². The first kappa shape index (κ1) is 21.9. The highest BCUT2D eigenvalue weighted by atomic mass is 16.5. The summed E-state index contributed by atoms with van der Waals surface area (Å²) >= 11 is 0. The molecule has 2 N–H and O–H groups in total. The van der Waals surface area contributed by atoms with Crippen LogP contribution in [-0.4, -0.2) is 38.8 Å². The zero-order valence-electron chi connectivity index (χ0n) is 19.2. The van der Waals surface area contributed by atoms with Crippen LogP contribution in [-0.2, 0) is 0 Å². The van der Waals surface area contributed by atoms with E-state index < -0.39 is 0 Å². The minimum absolute atomic E-state index is 0.0970. The summed E-state index contributed by atoms with van der Waals surface area (Å²) in [6.45, 7) is 1.93. The second kappa shape index (κ2) is 9.13. The Hall–Kier alpha value is -3.94. The zero-order valence-corrected chi connectivity index (χ0v) is 19.2. The molecule has 2 aromatic heterocycles. The van der Waals surface area contributed by atoms with Crippen LogP contribution in [0.3, 0.4) is 0 Å².